The smallest absolute Gasteiger partial charge is 0.244 e. The summed E-state index contributed by atoms with van der Waals surface area (Å²) in [5, 5.41) is 14.2. The molecule has 2 fully saturated rings. The van der Waals surface area contributed by atoms with E-state index in [-0.39, 0.29) is 57.8 Å². The van der Waals surface area contributed by atoms with E-state index in [0.29, 0.717) is 59.0 Å². The normalized spacial score (nSPS) is 20.2. The molecule has 0 saturated carbocycles. The number of thiophene rings is 1. The monoisotopic (exact) mass is 618 g/mol. The average molecular weight is 619 g/mol. The number of amides is 1. The number of halogens is 2. The van der Waals surface area contributed by atoms with Gasteiger partial charge in [0, 0.05) is 53.9 Å². The highest BCUT2D eigenvalue weighted by Gasteiger charge is 2.35. The second-order valence-electron chi connectivity index (χ2n) is 11.9. The van der Waals surface area contributed by atoms with Crippen LogP contribution in [0.15, 0.2) is 12.1 Å². The van der Waals surface area contributed by atoms with Gasteiger partial charge in [-0.15, -0.1) is 11.3 Å². The minimum atomic E-state index is -0.730. The number of aromatic nitrogens is 2. The van der Waals surface area contributed by atoms with Crippen molar-refractivity contribution >= 4 is 55.0 Å². The zero-order valence-corrected chi connectivity index (χ0v) is 25.5. The number of hydrogen-bond acceptors (Lipinski definition) is 10. The molecule has 3 N–H and O–H groups in total. The van der Waals surface area contributed by atoms with Crippen molar-refractivity contribution in [2.75, 3.05) is 56.7 Å². The molecule has 4 aromatic rings. The number of nitriles is 1. The largest absolute Gasteiger partial charge is 0.389 e. The first kappa shape index (κ1) is 28.6. The predicted octanol–water partition coefficient (Wildman–Crippen LogP) is 4.45. The number of piperidine rings is 1. The van der Waals surface area contributed by atoms with E-state index >= 15 is 8.78 Å². The fraction of sp³-hybridized carbons (Fsp3) is 0.419. The molecule has 2 saturated heterocycles. The molecule has 1 amide bonds. The summed E-state index contributed by atoms with van der Waals surface area (Å²) in [5.41, 5.74) is 7.36. The number of carbonyl (C=O) groups is 1. The van der Waals surface area contributed by atoms with E-state index in [9.17, 15) is 10.1 Å². The van der Waals surface area contributed by atoms with E-state index in [1.54, 1.807) is 18.0 Å². The average Bonchev–Trinajstić information content (AvgIpc) is 3.75. The molecule has 44 heavy (non-hydrogen) atoms. The first-order chi connectivity index (χ1) is 21.2. The van der Waals surface area contributed by atoms with Crippen molar-refractivity contribution in [2.24, 2.45) is 0 Å². The molecule has 10 nitrogen and oxygen atoms in total. The summed E-state index contributed by atoms with van der Waals surface area (Å²) in [5.74, 6) is -0.769. The molecule has 0 spiro atoms. The number of nitrogens with two attached hydrogens (primary N) is 1. The van der Waals surface area contributed by atoms with Gasteiger partial charge in [-0.1, -0.05) is 0 Å². The summed E-state index contributed by atoms with van der Waals surface area (Å²) in [4.78, 5) is 28.6. The van der Waals surface area contributed by atoms with Gasteiger partial charge in [0.05, 0.1) is 24.2 Å². The van der Waals surface area contributed by atoms with Crippen molar-refractivity contribution in [1.29, 1.82) is 5.26 Å². The van der Waals surface area contributed by atoms with Crippen molar-refractivity contribution in [3.05, 3.63) is 40.5 Å². The number of fused-ring (bicyclic) bond motifs is 4. The summed E-state index contributed by atoms with van der Waals surface area (Å²) in [6, 6.07) is 4.65. The molecule has 2 aromatic carbocycles. The van der Waals surface area contributed by atoms with Crippen LogP contribution in [0.25, 0.3) is 32.1 Å². The summed E-state index contributed by atoms with van der Waals surface area (Å²) in [6.45, 7) is 2.17. The van der Waals surface area contributed by atoms with Crippen LogP contribution in [-0.2, 0) is 22.7 Å². The molecule has 0 radical (unpaired) electrons. The molecule has 3 aliphatic rings. The Labute approximate surface area is 257 Å². The highest BCUT2D eigenvalue weighted by Crippen LogP contribution is 2.47. The van der Waals surface area contributed by atoms with E-state index in [4.69, 9.17) is 20.4 Å². The number of rotatable bonds is 5. The number of likely N-dealkylation sites (tertiary alicyclic amines) is 1. The van der Waals surface area contributed by atoms with Gasteiger partial charge in [-0.25, -0.2) is 13.8 Å². The van der Waals surface area contributed by atoms with Crippen LogP contribution >= 0.6 is 11.3 Å². The standard InChI is InChI=1S/C31H32F2N8O2S/c1-39(2)15-8-10-41(12-15)31-37-27-24(29(38-31)36-20-5-4-9-40(3)30(20)42)18-14-43-13-17(18)23(26(27)33)25-19(32)6-7-21-22(25)16(11-34)28(35)44-21/h6-7,15,20H,4-5,8-10,12-14,35H2,1-3H3,(H,36,37,38)/t15-,20+/m0/s1. The minimum absolute atomic E-state index is 0.0130. The first-order valence-electron chi connectivity index (χ1n) is 14.6. The van der Waals surface area contributed by atoms with Gasteiger partial charge in [0.1, 0.15) is 34.3 Å². The number of ether oxygens (including phenoxy) is 1. The van der Waals surface area contributed by atoms with Gasteiger partial charge in [0.25, 0.3) is 0 Å². The van der Waals surface area contributed by atoms with Crippen molar-refractivity contribution in [2.45, 2.75) is 44.6 Å². The lowest BCUT2D eigenvalue weighted by atomic mass is 9.90. The number of nitrogens with one attached hydrogen (secondary N) is 1. The van der Waals surface area contributed by atoms with Crippen LogP contribution in [0.3, 0.4) is 0 Å². The molecule has 2 aromatic heterocycles. The zero-order valence-electron chi connectivity index (χ0n) is 24.7. The number of nitrogen functional groups attached to an aromatic ring is 1. The molecule has 5 heterocycles. The van der Waals surface area contributed by atoms with Crippen LogP contribution in [0, 0.1) is 23.0 Å². The molecule has 0 bridgehead atoms. The highest BCUT2D eigenvalue weighted by molar-refractivity contribution is 7.23. The maximum Gasteiger partial charge on any atom is 0.244 e. The second kappa shape index (κ2) is 10.8. The molecule has 228 valence electrons. The Hall–Kier alpha value is -4.12. The maximum absolute atomic E-state index is 17.2. The Bertz CT molecular complexity index is 1890. The fourth-order valence-corrected chi connectivity index (χ4v) is 7.67. The number of likely N-dealkylation sites (N-methyl/N-ethyl adjacent to an activating group) is 2. The lowest BCUT2D eigenvalue weighted by molar-refractivity contribution is -0.132. The predicted molar refractivity (Wildman–Crippen MR) is 166 cm³/mol. The van der Waals surface area contributed by atoms with Crippen molar-refractivity contribution in [1.82, 2.24) is 19.8 Å². The summed E-state index contributed by atoms with van der Waals surface area (Å²) < 4.78 is 39.5. The van der Waals surface area contributed by atoms with E-state index in [1.807, 2.05) is 19.0 Å². The van der Waals surface area contributed by atoms with Gasteiger partial charge >= 0.3 is 0 Å². The topological polar surface area (TPSA) is 124 Å². The minimum Gasteiger partial charge on any atom is -0.389 e. The van der Waals surface area contributed by atoms with Crippen molar-refractivity contribution in [3.8, 4) is 17.2 Å². The fourth-order valence-electron chi connectivity index (χ4n) is 6.74. The first-order valence-corrected chi connectivity index (χ1v) is 15.5. The Kier molecular flexibility index (Phi) is 7.03. The third-order valence-corrected chi connectivity index (χ3v) is 10.1. The molecule has 7 rings (SSSR count). The van der Waals surface area contributed by atoms with Crippen LogP contribution < -0.4 is 16.0 Å². The molecular formula is C31H32F2N8O2S. The van der Waals surface area contributed by atoms with Crippen LogP contribution in [0.4, 0.5) is 25.5 Å². The van der Waals surface area contributed by atoms with Gasteiger partial charge in [-0.05, 0) is 56.6 Å². The van der Waals surface area contributed by atoms with Crippen LogP contribution in [0.1, 0.15) is 36.0 Å². The number of nitrogens with zero attached hydrogens (tertiary/aromatic N) is 6. The van der Waals surface area contributed by atoms with Crippen LogP contribution in [0.2, 0.25) is 0 Å². The number of carbonyl (C=O) groups excluding carboxylic acids is 1. The Morgan fingerprint density at radius 1 is 1.14 bits per heavy atom. The summed E-state index contributed by atoms with van der Waals surface area (Å²) >= 11 is 1.16. The Balaban J connectivity index is 1.50. The summed E-state index contributed by atoms with van der Waals surface area (Å²) in [7, 11) is 5.81. The molecular weight excluding hydrogens is 586 g/mol. The van der Waals surface area contributed by atoms with E-state index in [2.05, 4.69) is 16.3 Å². The zero-order chi connectivity index (χ0) is 30.9. The van der Waals surface area contributed by atoms with Crippen molar-refractivity contribution in [3.63, 3.8) is 0 Å². The van der Waals surface area contributed by atoms with E-state index in [0.717, 1.165) is 24.2 Å². The number of anilines is 3. The lowest BCUT2D eigenvalue weighted by Crippen LogP contribution is -2.45. The number of benzene rings is 2. The molecule has 0 aliphatic carbocycles. The SMILES string of the molecule is CN1CCC[C@@H](Nc2nc(N3CC[C@H](N(C)C)C3)nc3c(F)c(-c4c(F)ccc5sc(N)c(C#N)c45)c4c(c23)COC4)C1=O. The van der Waals surface area contributed by atoms with Gasteiger partial charge in [-0.2, -0.15) is 10.2 Å². The van der Waals surface area contributed by atoms with E-state index < -0.39 is 17.7 Å². The molecule has 2 atom stereocenters. The molecule has 13 heteroatoms. The molecule has 0 unspecified atom stereocenters. The lowest BCUT2D eigenvalue weighted by Gasteiger charge is -2.31. The highest BCUT2D eigenvalue weighted by atomic mass is 32.1. The Morgan fingerprint density at radius 3 is 2.68 bits per heavy atom. The Morgan fingerprint density at radius 2 is 1.93 bits per heavy atom. The maximum atomic E-state index is 17.2. The van der Waals surface area contributed by atoms with E-state index in [1.165, 1.54) is 6.07 Å². The summed E-state index contributed by atoms with van der Waals surface area (Å²) in [6.07, 6.45) is 2.32. The van der Waals surface area contributed by atoms with Gasteiger partial charge < -0.3 is 30.5 Å². The third kappa shape index (κ3) is 4.43. The van der Waals surface area contributed by atoms with Crippen LogP contribution in [-0.4, -0.2) is 78.5 Å². The van der Waals surface area contributed by atoms with Crippen LogP contribution in [0.5, 0.6) is 0 Å². The number of hydrogen-bond donors (Lipinski definition) is 2. The van der Waals surface area contributed by atoms with Crippen molar-refractivity contribution < 1.29 is 18.3 Å². The second-order valence-corrected chi connectivity index (χ2v) is 13.0. The van der Waals surface area contributed by atoms with Gasteiger partial charge in [-0.3, -0.25) is 4.79 Å². The quantitative estimate of drug-likeness (QED) is 0.334. The van der Waals surface area contributed by atoms with Gasteiger partial charge in [0.15, 0.2) is 5.82 Å². The molecule has 3 aliphatic heterocycles. The van der Waals surface area contributed by atoms with Gasteiger partial charge in [0.2, 0.25) is 11.9 Å². The third-order valence-electron chi connectivity index (χ3n) is 9.13.